The van der Waals surface area contributed by atoms with E-state index in [0.29, 0.717) is 26.1 Å². The molecule has 21 heavy (non-hydrogen) atoms. The Morgan fingerprint density at radius 3 is 2.71 bits per heavy atom. The first-order valence-corrected chi connectivity index (χ1v) is 7.53. The molecule has 0 spiro atoms. The molecule has 4 rings (SSSR count). The van der Waals surface area contributed by atoms with Crippen LogP contribution in [0.2, 0.25) is 0 Å². The number of aliphatic hydroxyl groups is 1. The number of rotatable bonds is 1. The first-order valence-electron chi connectivity index (χ1n) is 7.53. The van der Waals surface area contributed by atoms with Crippen molar-refractivity contribution < 1.29 is 9.84 Å². The third kappa shape index (κ3) is 2.14. The molecule has 0 saturated carbocycles. The van der Waals surface area contributed by atoms with Gasteiger partial charge in [0.15, 0.2) is 0 Å². The number of para-hydroxylation sites is 1. The van der Waals surface area contributed by atoms with E-state index in [-0.39, 0.29) is 12.1 Å². The molecule has 1 N–H and O–H groups in total. The minimum absolute atomic E-state index is 0.286. The first-order chi connectivity index (χ1) is 10.2. The molecular weight excluding hydrogens is 264 g/mol. The molecule has 2 aliphatic heterocycles. The molecular formula is C17H20N2O2. The van der Waals surface area contributed by atoms with Crippen LogP contribution in [-0.4, -0.2) is 47.3 Å². The van der Waals surface area contributed by atoms with Gasteiger partial charge in [-0.2, -0.15) is 0 Å². The molecule has 0 radical (unpaired) electrons. The van der Waals surface area contributed by atoms with Gasteiger partial charge in [-0.1, -0.05) is 18.2 Å². The van der Waals surface area contributed by atoms with E-state index in [4.69, 9.17) is 4.74 Å². The van der Waals surface area contributed by atoms with Gasteiger partial charge in [-0.25, -0.2) is 0 Å². The number of nitrogens with zero attached hydrogens (tertiary/aromatic N) is 2. The lowest BCUT2D eigenvalue weighted by Crippen LogP contribution is -2.59. The van der Waals surface area contributed by atoms with Gasteiger partial charge in [-0.05, 0) is 32.0 Å². The van der Waals surface area contributed by atoms with E-state index in [1.807, 2.05) is 30.5 Å². The normalized spacial score (nSPS) is 33.2. The Bertz CT molecular complexity index is 659. The van der Waals surface area contributed by atoms with Crippen molar-refractivity contribution in [1.29, 1.82) is 0 Å². The highest BCUT2D eigenvalue weighted by Gasteiger charge is 2.45. The number of fused-ring (bicyclic) bond motifs is 3. The lowest BCUT2D eigenvalue weighted by molar-refractivity contribution is -0.137. The maximum atomic E-state index is 11.2. The molecule has 2 unspecified atom stereocenters. The van der Waals surface area contributed by atoms with Crippen LogP contribution in [0.1, 0.15) is 18.4 Å². The monoisotopic (exact) mass is 284 g/mol. The zero-order valence-corrected chi connectivity index (χ0v) is 12.2. The summed E-state index contributed by atoms with van der Waals surface area (Å²) in [4.78, 5) is 6.86. The van der Waals surface area contributed by atoms with Gasteiger partial charge in [0.25, 0.3) is 0 Å². The second-order valence-electron chi connectivity index (χ2n) is 6.37. The maximum Gasteiger partial charge on any atom is 0.0943 e. The summed E-state index contributed by atoms with van der Waals surface area (Å²) in [6, 6.07) is 10.7. The highest BCUT2D eigenvalue weighted by Crippen LogP contribution is 2.40. The third-order valence-corrected chi connectivity index (χ3v) is 5.05. The molecule has 2 aliphatic rings. The Hall–Kier alpha value is -1.49. The number of morpholine rings is 1. The van der Waals surface area contributed by atoms with Crippen molar-refractivity contribution in [1.82, 2.24) is 9.88 Å². The predicted molar refractivity (Wildman–Crippen MR) is 81.0 cm³/mol. The van der Waals surface area contributed by atoms with Crippen molar-refractivity contribution in [2.45, 2.75) is 30.5 Å². The number of ether oxygens (including phenoxy) is 1. The molecule has 3 heterocycles. The van der Waals surface area contributed by atoms with Gasteiger partial charge in [0.05, 0.1) is 24.3 Å². The molecule has 0 aliphatic carbocycles. The van der Waals surface area contributed by atoms with Crippen LogP contribution in [0, 0.1) is 0 Å². The van der Waals surface area contributed by atoms with Crippen LogP contribution in [0.3, 0.4) is 0 Å². The number of likely N-dealkylation sites (N-methyl/N-ethyl adjacent to an activating group) is 1. The maximum absolute atomic E-state index is 11.2. The molecule has 110 valence electrons. The molecule has 2 aromatic rings. The van der Waals surface area contributed by atoms with E-state index >= 15 is 0 Å². The van der Waals surface area contributed by atoms with Crippen molar-refractivity contribution in [2.75, 3.05) is 20.3 Å². The number of piperidine rings is 1. The highest BCUT2D eigenvalue weighted by molar-refractivity contribution is 5.78. The largest absolute Gasteiger partial charge is 0.385 e. The van der Waals surface area contributed by atoms with Gasteiger partial charge >= 0.3 is 0 Å². The summed E-state index contributed by atoms with van der Waals surface area (Å²) in [5.74, 6) is 0. The van der Waals surface area contributed by atoms with Crippen LogP contribution < -0.4 is 0 Å². The van der Waals surface area contributed by atoms with Crippen molar-refractivity contribution in [3.8, 4) is 0 Å². The molecule has 2 saturated heterocycles. The van der Waals surface area contributed by atoms with Gasteiger partial charge < -0.3 is 9.84 Å². The first kappa shape index (κ1) is 13.2. The fourth-order valence-electron chi connectivity index (χ4n) is 3.70. The number of aromatic nitrogens is 1. The smallest absolute Gasteiger partial charge is 0.0943 e. The molecule has 2 fully saturated rings. The Morgan fingerprint density at radius 1 is 1.24 bits per heavy atom. The summed E-state index contributed by atoms with van der Waals surface area (Å²) < 4.78 is 5.64. The van der Waals surface area contributed by atoms with E-state index in [1.54, 1.807) is 0 Å². The minimum Gasteiger partial charge on any atom is -0.385 e. The molecule has 4 heteroatoms. The van der Waals surface area contributed by atoms with Crippen LogP contribution in [0.25, 0.3) is 10.9 Å². The molecule has 4 nitrogen and oxygen atoms in total. The van der Waals surface area contributed by atoms with Gasteiger partial charge in [0.1, 0.15) is 0 Å². The van der Waals surface area contributed by atoms with E-state index in [1.165, 1.54) is 0 Å². The number of benzene rings is 1. The quantitative estimate of drug-likeness (QED) is 0.869. The molecule has 1 aromatic carbocycles. The van der Waals surface area contributed by atoms with Crippen LogP contribution in [0.4, 0.5) is 0 Å². The molecule has 1 aromatic heterocycles. The Kier molecular flexibility index (Phi) is 2.99. The predicted octanol–water partition coefficient (Wildman–Crippen LogP) is 1.92. The van der Waals surface area contributed by atoms with Crippen molar-refractivity contribution >= 4 is 10.9 Å². The third-order valence-electron chi connectivity index (χ3n) is 5.05. The summed E-state index contributed by atoms with van der Waals surface area (Å²) in [5.41, 5.74) is 1.12. The SMILES string of the molecule is CN1C2COCC1CC(O)(c1cnc3ccccc3c1)C2. The van der Waals surface area contributed by atoms with Gasteiger partial charge in [-0.15, -0.1) is 0 Å². The van der Waals surface area contributed by atoms with E-state index in [0.717, 1.165) is 16.5 Å². The summed E-state index contributed by atoms with van der Waals surface area (Å²) in [5, 5.41) is 12.3. The highest BCUT2D eigenvalue weighted by atomic mass is 16.5. The number of hydrogen-bond donors (Lipinski definition) is 1. The second kappa shape index (κ2) is 4.77. The van der Waals surface area contributed by atoms with Crippen molar-refractivity contribution in [2.24, 2.45) is 0 Å². The van der Waals surface area contributed by atoms with E-state index in [9.17, 15) is 5.11 Å². The van der Waals surface area contributed by atoms with Crippen LogP contribution >= 0.6 is 0 Å². The Morgan fingerprint density at radius 2 is 1.95 bits per heavy atom. The number of hydrogen-bond acceptors (Lipinski definition) is 4. The average Bonchev–Trinajstić information content (AvgIpc) is 2.49. The minimum atomic E-state index is -0.789. The zero-order valence-electron chi connectivity index (χ0n) is 12.2. The van der Waals surface area contributed by atoms with Crippen molar-refractivity contribution in [3.05, 3.63) is 42.1 Å². The molecule has 2 bridgehead atoms. The zero-order chi connectivity index (χ0) is 14.4. The van der Waals surface area contributed by atoms with Gasteiger partial charge in [-0.3, -0.25) is 9.88 Å². The van der Waals surface area contributed by atoms with Crippen LogP contribution in [-0.2, 0) is 10.3 Å². The fraction of sp³-hybridized carbons (Fsp3) is 0.471. The Balaban J connectivity index is 1.73. The molecule has 0 amide bonds. The lowest BCUT2D eigenvalue weighted by Gasteiger charge is -2.50. The molecule has 2 atom stereocenters. The fourth-order valence-corrected chi connectivity index (χ4v) is 3.70. The van der Waals surface area contributed by atoms with Gasteiger partial charge in [0, 0.05) is 29.2 Å². The summed E-state index contributed by atoms with van der Waals surface area (Å²) >= 11 is 0. The number of pyridine rings is 1. The standard InChI is InChI=1S/C17H20N2O2/c1-19-14-7-17(20,8-15(19)11-21-10-14)13-6-12-4-2-3-5-16(12)18-9-13/h2-6,9,14-15,20H,7-8,10-11H2,1H3. The average molecular weight is 284 g/mol. The lowest BCUT2D eigenvalue weighted by atomic mass is 9.77. The summed E-state index contributed by atoms with van der Waals surface area (Å²) in [6.45, 7) is 1.41. The van der Waals surface area contributed by atoms with Crippen LogP contribution in [0.15, 0.2) is 36.5 Å². The van der Waals surface area contributed by atoms with Gasteiger partial charge in [0.2, 0.25) is 0 Å². The van der Waals surface area contributed by atoms with Crippen LogP contribution in [0.5, 0.6) is 0 Å². The summed E-state index contributed by atoms with van der Waals surface area (Å²) in [7, 11) is 2.13. The summed E-state index contributed by atoms with van der Waals surface area (Å²) in [6.07, 6.45) is 3.25. The topological polar surface area (TPSA) is 45.6 Å². The van der Waals surface area contributed by atoms with E-state index in [2.05, 4.69) is 23.0 Å². The second-order valence-corrected chi connectivity index (χ2v) is 6.37. The Labute approximate surface area is 124 Å². The van der Waals surface area contributed by atoms with Crippen molar-refractivity contribution in [3.63, 3.8) is 0 Å². The van der Waals surface area contributed by atoms with E-state index < -0.39 is 5.60 Å².